The molecule has 2 aliphatic rings. The van der Waals surface area contributed by atoms with Crippen LogP contribution >= 0.6 is 23.4 Å². The van der Waals surface area contributed by atoms with E-state index < -0.39 is 0 Å². The lowest BCUT2D eigenvalue weighted by Crippen LogP contribution is -2.51. The second kappa shape index (κ2) is 8.97. The van der Waals surface area contributed by atoms with Gasteiger partial charge in [0.1, 0.15) is 0 Å². The summed E-state index contributed by atoms with van der Waals surface area (Å²) in [5.41, 5.74) is 2.86. The second-order valence-electron chi connectivity index (χ2n) is 6.15. The van der Waals surface area contributed by atoms with Gasteiger partial charge in [0.2, 0.25) is 0 Å². The van der Waals surface area contributed by atoms with Crippen LogP contribution in [0.15, 0.2) is 47.1 Å². The maximum Gasteiger partial charge on any atom is 0.0754 e. The summed E-state index contributed by atoms with van der Waals surface area (Å²) in [5.74, 6) is 0. The van der Waals surface area contributed by atoms with Crippen LogP contribution in [0.3, 0.4) is 0 Å². The maximum atomic E-state index is 5.01. The summed E-state index contributed by atoms with van der Waals surface area (Å²) in [7, 11) is 2.21. The van der Waals surface area contributed by atoms with E-state index in [1.165, 1.54) is 29.2 Å². The van der Waals surface area contributed by atoms with Crippen molar-refractivity contribution in [3.63, 3.8) is 0 Å². The Morgan fingerprint density at radius 1 is 1.30 bits per heavy atom. The second-order valence-corrected chi connectivity index (χ2v) is 7.76. The molecule has 0 amide bonds. The smallest absolute Gasteiger partial charge is 0.0754 e. The van der Waals surface area contributed by atoms with Gasteiger partial charge in [-0.2, -0.15) is 0 Å². The molecule has 3 heterocycles. The number of rotatable bonds is 1. The maximum absolute atomic E-state index is 5.01. The number of aromatic nitrogens is 1. The standard InChI is InChI=1S/C15H23N3S.C3H5Cl/c1-12-13(2)19-15-5-4-6-18(15)11-14(12)17-9-7-16(3)8-10-17;1-2-3-4/h4-6,13-14H,1,7-11H2,2-3H3;2-3H,1H3/b;3-2+. The predicted octanol–water partition coefficient (Wildman–Crippen LogP) is 3.91. The molecule has 128 valence electrons. The van der Waals surface area contributed by atoms with E-state index in [9.17, 15) is 0 Å². The monoisotopic (exact) mass is 353 g/mol. The molecule has 1 saturated heterocycles. The highest BCUT2D eigenvalue weighted by Crippen LogP contribution is 2.34. The van der Waals surface area contributed by atoms with Gasteiger partial charge in [0.15, 0.2) is 0 Å². The predicted molar refractivity (Wildman–Crippen MR) is 102 cm³/mol. The van der Waals surface area contributed by atoms with E-state index in [4.69, 9.17) is 11.6 Å². The first kappa shape index (κ1) is 18.7. The quantitative estimate of drug-likeness (QED) is 0.709. The fourth-order valence-corrected chi connectivity index (χ4v) is 4.07. The number of allylic oxidation sites excluding steroid dienone is 1. The molecule has 1 aromatic rings. The SMILES string of the molecule is C/C=C/Cl.C=C1C(C)Sc2cccn2CC1N1CCN(C)CC1. The molecule has 1 aromatic heterocycles. The molecule has 0 spiro atoms. The molecule has 0 saturated carbocycles. The minimum absolute atomic E-state index is 0.491. The number of likely N-dealkylation sites (N-methyl/N-ethyl adjacent to an activating group) is 1. The molecule has 0 radical (unpaired) electrons. The Kier molecular flexibility index (Phi) is 7.28. The zero-order valence-corrected chi connectivity index (χ0v) is 16.0. The first-order valence-electron chi connectivity index (χ1n) is 8.21. The molecule has 23 heavy (non-hydrogen) atoms. The summed E-state index contributed by atoms with van der Waals surface area (Å²) in [6, 6.07) is 4.87. The van der Waals surface area contributed by atoms with E-state index in [-0.39, 0.29) is 0 Å². The van der Waals surface area contributed by atoms with Crippen molar-refractivity contribution in [2.45, 2.75) is 36.7 Å². The van der Waals surface area contributed by atoms with Gasteiger partial charge in [0, 0.05) is 50.2 Å². The van der Waals surface area contributed by atoms with E-state index >= 15 is 0 Å². The highest BCUT2D eigenvalue weighted by molar-refractivity contribution is 8.00. The van der Waals surface area contributed by atoms with Gasteiger partial charge in [0.05, 0.1) is 5.03 Å². The number of fused-ring (bicyclic) bond motifs is 1. The van der Waals surface area contributed by atoms with Crippen molar-refractivity contribution in [1.29, 1.82) is 0 Å². The molecule has 0 aromatic carbocycles. The Labute approximate surface area is 150 Å². The highest BCUT2D eigenvalue weighted by atomic mass is 35.5. The van der Waals surface area contributed by atoms with Crippen LogP contribution in [0.5, 0.6) is 0 Å². The fraction of sp³-hybridized carbons (Fsp3) is 0.556. The normalized spacial score (nSPS) is 26.5. The first-order chi connectivity index (χ1) is 11.1. The van der Waals surface area contributed by atoms with Crippen LogP contribution in [-0.2, 0) is 6.54 Å². The lowest BCUT2D eigenvalue weighted by molar-refractivity contribution is 0.116. The molecule has 5 heteroatoms. The molecular formula is C18H28ClN3S. The molecule has 3 nitrogen and oxygen atoms in total. The van der Waals surface area contributed by atoms with Crippen molar-refractivity contribution in [3.8, 4) is 0 Å². The van der Waals surface area contributed by atoms with Crippen LogP contribution in [0.2, 0.25) is 0 Å². The zero-order chi connectivity index (χ0) is 16.8. The van der Waals surface area contributed by atoms with E-state index in [1.54, 1.807) is 6.08 Å². The van der Waals surface area contributed by atoms with Gasteiger partial charge in [0.25, 0.3) is 0 Å². The van der Waals surface area contributed by atoms with Crippen molar-refractivity contribution in [2.75, 3.05) is 33.2 Å². The Morgan fingerprint density at radius 2 is 1.96 bits per heavy atom. The van der Waals surface area contributed by atoms with Crippen LogP contribution in [0.4, 0.5) is 0 Å². The average Bonchev–Trinajstić information content (AvgIpc) is 2.95. The van der Waals surface area contributed by atoms with Gasteiger partial charge in [-0.25, -0.2) is 0 Å². The number of nitrogens with zero attached hydrogens (tertiary/aromatic N) is 3. The molecule has 0 N–H and O–H groups in total. The van der Waals surface area contributed by atoms with Gasteiger partial charge in [-0.3, -0.25) is 4.90 Å². The van der Waals surface area contributed by atoms with Gasteiger partial charge < -0.3 is 9.47 Å². The van der Waals surface area contributed by atoms with Crippen LogP contribution < -0.4 is 0 Å². The van der Waals surface area contributed by atoms with Crippen molar-refractivity contribution >= 4 is 23.4 Å². The topological polar surface area (TPSA) is 11.4 Å². The summed E-state index contributed by atoms with van der Waals surface area (Å²) in [6.45, 7) is 14.3. The number of hydrogen-bond donors (Lipinski definition) is 0. The fourth-order valence-electron chi connectivity index (χ4n) is 2.97. The third-order valence-electron chi connectivity index (χ3n) is 4.51. The van der Waals surface area contributed by atoms with Gasteiger partial charge in [-0.1, -0.05) is 24.3 Å². The Hall–Kier alpha value is -0.680. The van der Waals surface area contributed by atoms with E-state index in [0.717, 1.165) is 19.6 Å². The van der Waals surface area contributed by atoms with Gasteiger partial charge >= 0.3 is 0 Å². The van der Waals surface area contributed by atoms with Crippen LogP contribution in [0, 0.1) is 0 Å². The Morgan fingerprint density at radius 3 is 2.57 bits per heavy atom. The van der Waals surface area contributed by atoms with Crippen molar-refractivity contribution < 1.29 is 0 Å². The molecule has 2 atom stereocenters. The number of thioether (sulfide) groups is 1. The molecule has 0 aliphatic carbocycles. The molecular weight excluding hydrogens is 326 g/mol. The van der Waals surface area contributed by atoms with E-state index in [2.05, 4.69) is 53.2 Å². The average molecular weight is 354 g/mol. The lowest BCUT2D eigenvalue weighted by atomic mass is 10.0. The van der Waals surface area contributed by atoms with E-state index in [1.807, 2.05) is 18.7 Å². The molecule has 2 aliphatic heterocycles. The molecule has 0 bridgehead atoms. The lowest BCUT2D eigenvalue weighted by Gasteiger charge is -2.39. The summed E-state index contributed by atoms with van der Waals surface area (Å²) in [5, 5.41) is 1.88. The molecule has 3 rings (SSSR count). The highest BCUT2D eigenvalue weighted by Gasteiger charge is 2.30. The van der Waals surface area contributed by atoms with Crippen LogP contribution in [-0.4, -0.2) is 58.9 Å². The number of halogens is 1. The van der Waals surface area contributed by atoms with Crippen molar-refractivity contribution in [3.05, 3.63) is 42.1 Å². The zero-order valence-electron chi connectivity index (χ0n) is 14.4. The van der Waals surface area contributed by atoms with Crippen molar-refractivity contribution in [1.82, 2.24) is 14.4 Å². The largest absolute Gasteiger partial charge is 0.341 e. The Balaban J connectivity index is 0.000000433. The van der Waals surface area contributed by atoms with Gasteiger partial charge in [-0.15, -0.1) is 11.8 Å². The number of piperazine rings is 1. The summed E-state index contributed by atoms with van der Waals surface area (Å²) in [4.78, 5) is 5.03. The minimum atomic E-state index is 0.491. The molecule has 1 fully saturated rings. The first-order valence-corrected chi connectivity index (χ1v) is 9.53. The van der Waals surface area contributed by atoms with Crippen LogP contribution in [0.1, 0.15) is 13.8 Å². The number of hydrogen-bond acceptors (Lipinski definition) is 3. The summed E-state index contributed by atoms with van der Waals surface area (Å²) < 4.78 is 2.39. The third-order valence-corrected chi connectivity index (χ3v) is 6.03. The van der Waals surface area contributed by atoms with Gasteiger partial charge in [-0.05, 0) is 44.1 Å². The summed E-state index contributed by atoms with van der Waals surface area (Å²) >= 11 is 6.95. The molecule has 2 unspecified atom stereocenters. The Bertz CT molecular complexity index is 528. The van der Waals surface area contributed by atoms with Crippen LogP contribution in [0.25, 0.3) is 0 Å². The minimum Gasteiger partial charge on any atom is -0.341 e. The summed E-state index contributed by atoms with van der Waals surface area (Å²) in [6.07, 6.45) is 3.97. The van der Waals surface area contributed by atoms with Crippen molar-refractivity contribution in [2.24, 2.45) is 0 Å². The third kappa shape index (κ3) is 4.90. The van der Waals surface area contributed by atoms with E-state index in [0.29, 0.717) is 11.3 Å².